The van der Waals surface area contributed by atoms with Crippen molar-refractivity contribution in [2.75, 3.05) is 6.61 Å². The molecule has 2 rings (SSSR count). The number of hydrogen-bond donors (Lipinski definition) is 2. The second-order valence-corrected chi connectivity index (χ2v) is 9.28. The molecule has 2 fully saturated rings. The lowest BCUT2D eigenvalue weighted by Gasteiger charge is -2.34. The van der Waals surface area contributed by atoms with Crippen LogP contribution in [0.1, 0.15) is 66.2 Å². The SMILES string of the molecule is CC1CCC(C(=O)O)C(COOC(C)(C)OC(=O)C2CC(C)CCC2C(=O)O)C1. The van der Waals surface area contributed by atoms with E-state index in [9.17, 15) is 24.6 Å². The predicted octanol–water partition coefficient (Wildman–Crippen LogP) is 3.49. The molecule has 2 N–H and O–H groups in total. The van der Waals surface area contributed by atoms with E-state index in [1.807, 2.05) is 6.92 Å². The normalized spacial score (nSPS) is 33.1. The third kappa shape index (κ3) is 6.67. The molecule has 0 saturated heterocycles. The van der Waals surface area contributed by atoms with Crippen molar-refractivity contribution in [3.05, 3.63) is 0 Å². The Hall–Kier alpha value is -1.67. The predicted molar refractivity (Wildman–Crippen MR) is 102 cm³/mol. The Kier molecular flexibility index (Phi) is 8.05. The molecule has 0 aromatic heterocycles. The molecule has 6 atom stereocenters. The Morgan fingerprint density at radius 2 is 1.41 bits per heavy atom. The van der Waals surface area contributed by atoms with Crippen LogP contribution in [0.3, 0.4) is 0 Å². The maximum absolute atomic E-state index is 12.6. The highest BCUT2D eigenvalue weighted by atomic mass is 17.2. The molecule has 0 heterocycles. The van der Waals surface area contributed by atoms with Crippen LogP contribution in [0.25, 0.3) is 0 Å². The van der Waals surface area contributed by atoms with E-state index in [4.69, 9.17) is 14.5 Å². The molecule has 0 amide bonds. The number of carbonyl (C=O) groups is 3. The fourth-order valence-electron chi connectivity index (χ4n) is 4.54. The minimum absolute atomic E-state index is 0.0977. The Balaban J connectivity index is 1.89. The van der Waals surface area contributed by atoms with Crippen molar-refractivity contribution >= 4 is 17.9 Å². The van der Waals surface area contributed by atoms with Gasteiger partial charge in [-0.3, -0.25) is 14.4 Å². The van der Waals surface area contributed by atoms with Crippen LogP contribution in [0.15, 0.2) is 0 Å². The van der Waals surface area contributed by atoms with Crippen molar-refractivity contribution < 1.29 is 39.1 Å². The molecular weight excluding hydrogens is 380 g/mol. The topological polar surface area (TPSA) is 119 Å². The molecule has 0 spiro atoms. The lowest BCUT2D eigenvalue weighted by Crippen LogP contribution is -2.41. The summed E-state index contributed by atoms with van der Waals surface area (Å²) in [7, 11) is 0. The summed E-state index contributed by atoms with van der Waals surface area (Å²) in [5, 5.41) is 18.8. The zero-order valence-electron chi connectivity index (χ0n) is 17.8. The monoisotopic (exact) mass is 414 g/mol. The summed E-state index contributed by atoms with van der Waals surface area (Å²) in [4.78, 5) is 46.2. The zero-order valence-corrected chi connectivity index (χ0v) is 17.8. The van der Waals surface area contributed by atoms with Gasteiger partial charge in [0.15, 0.2) is 0 Å². The van der Waals surface area contributed by atoms with Gasteiger partial charge in [0.25, 0.3) is 0 Å². The van der Waals surface area contributed by atoms with Crippen LogP contribution >= 0.6 is 0 Å². The molecule has 8 heteroatoms. The van der Waals surface area contributed by atoms with E-state index >= 15 is 0 Å². The number of carbonyl (C=O) groups excluding carboxylic acids is 1. The molecule has 8 nitrogen and oxygen atoms in total. The molecule has 2 saturated carbocycles. The summed E-state index contributed by atoms with van der Waals surface area (Å²) in [5.41, 5.74) is 0. The minimum Gasteiger partial charge on any atom is -0.481 e. The Labute approximate surface area is 171 Å². The highest BCUT2D eigenvalue weighted by Crippen LogP contribution is 2.36. The molecule has 0 aromatic carbocycles. The van der Waals surface area contributed by atoms with Crippen molar-refractivity contribution in [2.45, 2.75) is 72.0 Å². The molecule has 0 radical (unpaired) electrons. The maximum Gasteiger partial charge on any atom is 0.312 e. The van der Waals surface area contributed by atoms with Crippen LogP contribution < -0.4 is 0 Å². The standard InChI is InChI=1S/C21H34O8/c1-12-5-7-15(18(22)23)14(9-12)11-27-29-21(3,4)28-20(26)17-10-13(2)6-8-16(17)19(24)25/h12-17H,5-11H2,1-4H3,(H,22,23)(H,24,25). The quantitative estimate of drug-likeness (QED) is 0.268. The number of carboxylic acid groups (broad SMARTS) is 2. The Morgan fingerprint density at radius 3 is 2.00 bits per heavy atom. The van der Waals surface area contributed by atoms with Crippen molar-refractivity contribution in [3.8, 4) is 0 Å². The van der Waals surface area contributed by atoms with E-state index in [1.54, 1.807) is 0 Å². The van der Waals surface area contributed by atoms with Gasteiger partial charge in [0.1, 0.15) is 0 Å². The van der Waals surface area contributed by atoms with Gasteiger partial charge in [-0.1, -0.05) is 13.8 Å². The molecule has 166 valence electrons. The fraction of sp³-hybridized carbons (Fsp3) is 0.857. The number of hydrogen-bond acceptors (Lipinski definition) is 6. The second kappa shape index (κ2) is 9.89. The molecule has 0 aliphatic heterocycles. The van der Waals surface area contributed by atoms with Gasteiger partial charge in [0.05, 0.1) is 24.4 Å². The average molecular weight is 414 g/mol. The Bertz CT molecular complexity index is 601. The molecule has 6 unspecified atom stereocenters. The molecule has 0 aromatic rings. The first kappa shape index (κ1) is 23.6. The Morgan fingerprint density at radius 1 is 0.862 bits per heavy atom. The zero-order chi connectivity index (χ0) is 21.8. The van der Waals surface area contributed by atoms with Crippen LogP contribution in [-0.4, -0.2) is 40.5 Å². The first-order chi connectivity index (χ1) is 13.5. The van der Waals surface area contributed by atoms with Gasteiger partial charge in [-0.25, -0.2) is 4.89 Å². The number of rotatable bonds is 8. The first-order valence-corrected chi connectivity index (χ1v) is 10.5. The summed E-state index contributed by atoms with van der Waals surface area (Å²) in [6.45, 7) is 7.21. The van der Waals surface area contributed by atoms with Gasteiger partial charge in [-0.05, 0) is 56.3 Å². The van der Waals surface area contributed by atoms with Gasteiger partial charge in [0, 0.05) is 13.8 Å². The molecule has 2 aliphatic carbocycles. The lowest BCUT2D eigenvalue weighted by molar-refractivity contribution is -0.413. The molecule has 2 aliphatic rings. The lowest BCUT2D eigenvalue weighted by atomic mass is 9.74. The van der Waals surface area contributed by atoms with E-state index in [1.165, 1.54) is 13.8 Å². The minimum atomic E-state index is -1.40. The fourth-order valence-corrected chi connectivity index (χ4v) is 4.54. The largest absolute Gasteiger partial charge is 0.481 e. The number of esters is 1. The van der Waals surface area contributed by atoms with Crippen molar-refractivity contribution in [2.24, 2.45) is 35.5 Å². The van der Waals surface area contributed by atoms with Crippen LogP contribution in [0.2, 0.25) is 0 Å². The van der Waals surface area contributed by atoms with E-state index in [-0.39, 0.29) is 18.4 Å². The number of aliphatic carboxylic acids is 2. The van der Waals surface area contributed by atoms with Crippen LogP contribution in [0.4, 0.5) is 0 Å². The summed E-state index contributed by atoms with van der Waals surface area (Å²) >= 11 is 0. The van der Waals surface area contributed by atoms with Gasteiger partial charge < -0.3 is 14.9 Å². The summed E-state index contributed by atoms with van der Waals surface area (Å²) < 4.78 is 5.43. The van der Waals surface area contributed by atoms with Crippen molar-refractivity contribution in [1.29, 1.82) is 0 Å². The van der Waals surface area contributed by atoms with Crippen LogP contribution in [0, 0.1) is 35.5 Å². The molecule has 0 bridgehead atoms. The highest BCUT2D eigenvalue weighted by molar-refractivity contribution is 5.81. The van der Waals surface area contributed by atoms with E-state index in [2.05, 4.69) is 6.92 Å². The summed E-state index contributed by atoms with van der Waals surface area (Å²) in [6.07, 6.45) is 3.91. The second-order valence-electron chi connectivity index (χ2n) is 9.28. The maximum atomic E-state index is 12.6. The molecular formula is C21H34O8. The highest BCUT2D eigenvalue weighted by Gasteiger charge is 2.41. The van der Waals surface area contributed by atoms with Crippen LogP contribution in [-0.2, 0) is 28.9 Å². The smallest absolute Gasteiger partial charge is 0.312 e. The van der Waals surface area contributed by atoms with Gasteiger partial charge in [-0.15, -0.1) is 0 Å². The van der Waals surface area contributed by atoms with Gasteiger partial charge >= 0.3 is 17.9 Å². The first-order valence-electron chi connectivity index (χ1n) is 10.5. The third-order valence-electron chi connectivity index (χ3n) is 6.18. The van der Waals surface area contributed by atoms with Crippen molar-refractivity contribution in [1.82, 2.24) is 0 Å². The third-order valence-corrected chi connectivity index (χ3v) is 6.18. The molecule has 29 heavy (non-hydrogen) atoms. The van der Waals surface area contributed by atoms with Crippen molar-refractivity contribution in [3.63, 3.8) is 0 Å². The van der Waals surface area contributed by atoms with E-state index in [0.29, 0.717) is 25.2 Å². The number of ether oxygens (including phenoxy) is 1. The number of carboxylic acids is 2. The van der Waals surface area contributed by atoms with E-state index < -0.39 is 41.4 Å². The van der Waals surface area contributed by atoms with Crippen LogP contribution in [0.5, 0.6) is 0 Å². The summed E-state index contributed by atoms with van der Waals surface area (Å²) in [6, 6.07) is 0. The van der Waals surface area contributed by atoms with Gasteiger partial charge in [-0.2, -0.15) is 4.89 Å². The average Bonchev–Trinajstić information content (AvgIpc) is 2.60. The summed E-state index contributed by atoms with van der Waals surface area (Å²) in [5.74, 6) is -5.26. The van der Waals surface area contributed by atoms with E-state index in [0.717, 1.165) is 19.3 Å². The van der Waals surface area contributed by atoms with Gasteiger partial charge in [0.2, 0.25) is 5.79 Å².